The summed E-state index contributed by atoms with van der Waals surface area (Å²) in [5.74, 6) is 0.809. The lowest BCUT2D eigenvalue weighted by molar-refractivity contribution is 0.196. The molecule has 17 heavy (non-hydrogen) atoms. The van der Waals surface area contributed by atoms with Crippen LogP contribution in [0.3, 0.4) is 0 Å². The minimum atomic E-state index is -1.97. The summed E-state index contributed by atoms with van der Waals surface area (Å²) in [5.41, 5.74) is 1.48. The van der Waals surface area contributed by atoms with E-state index >= 15 is 0 Å². The molecule has 2 nitrogen and oxygen atoms in total. The molecule has 0 heterocycles. The molecule has 0 bridgehead atoms. The molecule has 0 saturated heterocycles. The Hall–Kier alpha value is 0.137. The maximum Gasteiger partial charge on any atom is 0.344 e. The van der Waals surface area contributed by atoms with Gasteiger partial charge in [-0.2, -0.15) is 0 Å². The molecule has 3 heteroatoms. The quantitative estimate of drug-likeness (QED) is 0.700. The van der Waals surface area contributed by atoms with Crippen LogP contribution in [0, 0.1) is 5.92 Å². The Morgan fingerprint density at radius 3 is 1.94 bits per heavy atom. The van der Waals surface area contributed by atoms with Crippen LogP contribution in [0.25, 0.3) is 0 Å². The average Bonchev–Trinajstić information content (AvgIpc) is 2.80. The van der Waals surface area contributed by atoms with Crippen LogP contribution >= 0.6 is 0 Å². The van der Waals surface area contributed by atoms with Crippen molar-refractivity contribution >= 4 is 8.56 Å². The van der Waals surface area contributed by atoms with Gasteiger partial charge < -0.3 is 8.85 Å². The summed E-state index contributed by atoms with van der Waals surface area (Å²) in [6, 6.07) is 0. The van der Waals surface area contributed by atoms with Crippen LogP contribution in [-0.4, -0.2) is 22.8 Å². The van der Waals surface area contributed by atoms with Crippen molar-refractivity contribution in [1.82, 2.24) is 0 Å². The van der Waals surface area contributed by atoms with Crippen molar-refractivity contribution in [3.63, 3.8) is 0 Å². The van der Waals surface area contributed by atoms with Gasteiger partial charge in [-0.1, -0.05) is 39.0 Å². The average molecular weight is 256 g/mol. The molecule has 0 spiro atoms. The molecule has 0 aromatic heterocycles. The van der Waals surface area contributed by atoms with E-state index in [-0.39, 0.29) is 0 Å². The van der Waals surface area contributed by atoms with Crippen LogP contribution in [0.1, 0.15) is 58.3 Å². The van der Waals surface area contributed by atoms with E-state index in [4.69, 9.17) is 8.85 Å². The lowest BCUT2D eigenvalue weighted by Crippen LogP contribution is -2.51. The lowest BCUT2D eigenvalue weighted by atomic mass is 10.0. The third-order valence-electron chi connectivity index (χ3n) is 5.19. The third-order valence-corrected chi connectivity index (χ3v) is 10.1. The van der Waals surface area contributed by atoms with Gasteiger partial charge in [0.15, 0.2) is 0 Å². The van der Waals surface area contributed by atoms with Gasteiger partial charge in [0.25, 0.3) is 0 Å². The van der Waals surface area contributed by atoms with E-state index in [1.807, 2.05) is 14.2 Å². The normalized spacial score (nSPS) is 31.9. The molecule has 0 aliphatic heterocycles. The standard InChI is InChI=1S/C14H28O2Si/c1-12-8-7-11-14(12)17(15-2,16-3)13-9-5-4-6-10-13/h12-14H,4-11H2,1-3H3. The van der Waals surface area contributed by atoms with Gasteiger partial charge in [-0.05, 0) is 25.2 Å². The summed E-state index contributed by atoms with van der Waals surface area (Å²) in [4.78, 5) is 0. The van der Waals surface area contributed by atoms with E-state index in [0.29, 0.717) is 0 Å². The summed E-state index contributed by atoms with van der Waals surface area (Å²) in [6.07, 6.45) is 11.0. The van der Waals surface area contributed by atoms with Gasteiger partial charge >= 0.3 is 8.56 Å². The molecule has 0 amide bonds. The van der Waals surface area contributed by atoms with Crippen molar-refractivity contribution < 1.29 is 8.85 Å². The van der Waals surface area contributed by atoms with Crippen LogP contribution in [0.5, 0.6) is 0 Å². The van der Waals surface area contributed by atoms with Crippen molar-refractivity contribution in [2.24, 2.45) is 5.92 Å². The fraction of sp³-hybridized carbons (Fsp3) is 1.00. The van der Waals surface area contributed by atoms with E-state index in [1.54, 1.807) is 0 Å². The van der Waals surface area contributed by atoms with Gasteiger partial charge in [-0.15, -0.1) is 0 Å². The van der Waals surface area contributed by atoms with Crippen molar-refractivity contribution in [2.75, 3.05) is 14.2 Å². The Labute approximate surface area is 107 Å². The molecule has 2 saturated carbocycles. The smallest absolute Gasteiger partial charge is 0.344 e. The van der Waals surface area contributed by atoms with Crippen LogP contribution in [0.15, 0.2) is 0 Å². The second kappa shape index (κ2) is 5.85. The highest BCUT2D eigenvalue weighted by Crippen LogP contribution is 2.51. The Bertz CT molecular complexity index is 234. The SMILES string of the molecule is CO[Si](OC)(C1CCCCC1)C1CCCC1C. The maximum absolute atomic E-state index is 6.10. The fourth-order valence-electron chi connectivity index (χ4n) is 4.27. The zero-order valence-corrected chi connectivity index (χ0v) is 12.7. The van der Waals surface area contributed by atoms with Crippen LogP contribution < -0.4 is 0 Å². The van der Waals surface area contributed by atoms with Crippen LogP contribution in [0.4, 0.5) is 0 Å². The molecule has 2 atom stereocenters. The van der Waals surface area contributed by atoms with Crippen LogP contribution in [0.2, 0.25) is 11.1 Å². The molecule has 2 unspecified atom stereocenters. The number of hydrogen-bond donors (Lipinski definition) is 0. The number of rotatable bonds is 4. The highest BCUT2D eigenvalue weighted by Gasteiger charge is 2.53. The lowest BCUT2D eigenvalue weighted by Gasteiger charge is -2.42. The predicted molar refractivity (Wildman–Crippen MR) is 73.4 cm³/mol. The van der Waals surface area contributed by atoms with E-state index in [1.165, 1.54) is 51.4 Å². The van der Waals surface area contributed by atoms with E-state index in [2.05, 4.69) is 6.92 Å². The topological polar surface area (TPSA) is 18.5 Å². The summed E-state index contributed by atoms with van der Waals surface area (Å²) in [6.45, 7) is 2.40. The number of hydrogen-bond acceptors (Lipinski definition) is 2. The van der Waals surface area contributed by atoms with Gasteiger partial charge in [-0.25, -0.2) is 0 Å². The molecule has 2 fully saturated rings. The highest BCUT2D eigenvalue weighted by atomic mass is 28.4. The van der Waals surface area contributed by atoms with Crippen molar-refractivity contribution in [3.8, 4) is 0 Å². The fourth-order valence-corrected chi connectivity index (χ4v) is 9.09. The maximum atomic E-state index is 6.10. The Balaban J connectivity index is 2.17. The second-order valence-electron chi connectivity index (χ2n) is 5.98. The third kappa shape index (κ3) is 2.47. The van der Waals surface area contributed by atoms with Gasteiger partial charge in [-0.3, -0.25) is 0 Å². The molecule has 0 aromatic carbocycles. The summed E-state index contributed by atoms with van der Waals surface area (Å²) >= 11 is 0. The Morgan fingerprint density at radius 1 is 0.824 bits per heavy atom. The first kappa shape index (κ1) is 13.6. The van der Waals surface area contributed by atoms with Gasteiger partial charge in [0.2, 0.25) is 0 Å². The largest absolute Gasteiger partial charge is 0.397 e. The van der Waals surface area contributed by atoms with Gasteiger partial charge in [0, 0.05) is 25.3 Å². The molecule has 2 aliphatic carbocycles. The molecule has 2 aliphatic rings. The van der Waals surface area contributed by atoms with Crippen LogP contribution in [-0.2, 0) is 8.85 Å². The monoisotopic (exact) mass is 256 g/mol. The molecule has 0 aromatic rings. The highest BCUT2D eigenvalue weighted by molar-refractivity contribution is 6.70. The van der Waals surface area contributed by atoms with Crippen molar-refractivity contribution in [1.29, 1.82) is 0 Å². The van der Waals surface area contributed by atoms with E-state index in [0.717, 1.165) is 17.0 Å². The van der Waals surface area contributed by atoms with E-state index in [9.17, 15) is 0 Å². The van der Waals surface area contributed by atoms with Crippen molar-refractivity contribution in [2.45, 2.75) is 69.4 Å². The minimum Gasteiger partial charge on any atom is -0.397 e. The molecule has 100 valence electrons. The predicted octanol–water partition coefficient (Wildman–Crippen LogP) is 4.25. The molecular weight excluding hydrogens is 228 g/mol. The zero-order chi connectivity index (χ0) is 12.3. The molecule has 0 radical (unpaired) electrons. The first-order valence-corrected chi connectivity index (χ1v) is 9.32. The Kier molecular flexibility index (Phi) is 4.67. The molecule has 2 rings (SSSR count). The zero-order valence-electron chi connectivity index (χ0n) is 11.7. The molecule has 0 N–H and O–H groups in total. The molecular formula is C14H28O2Si. The second-order valence-corrected chi connectivity index (χ2v) is 9.80. The van der Waals surface area contributed by atoms with Gasteiger partial charge in [0.05, 0.1) is 0 Å². The summed E-state index contributed by atoms with van der Waals surface area (Å²) in [5, 5.41) is 0. The van der Waals surface area contributed by atoms with E-state index < -0.39 is 8.56 Å². The summed E-state index contributed by atoms with van der Waals surface area (Å²) < 4.78 is 12.2. The Morgan fingerprint density at radius 2 is 1.47 bits per heavy atom. The summed E-state index contributed by atoms with van der Waals surface area (Å²) in [7, 11) is 1.85. The first-order valence-electron chi connectivity index (χ1n) is 7.35. The van der Waals surface area contributed by atoms with Crippen molar-refractivity contribution in [3.05, 3.63) is 0 Å². The minimum absolute atomic E-state index is 0.737. The van der Waals surface area contributed by atoms with Gasteiger partial charge in [0.1, 0.15) is 0 Å². The first-order chi connectivity index (χ1) is 8.24.